The molecule has 0 aliphatic heterocycles. The molecule has 0 atom stereocenters. The van der Waals surface area contributed by atoms with Crippen LogP contribution in [-0.4, -0.2) is 18.9 Å². The third kappa shape index (κ3) is 2.57. The Bertz CT molecular complexity index is 138. The van der Waals surface area contributed by atoms with Crippen molar-refractivity contribution in [1.29, 1.82) is 0 Å². The first kappa shape index (κ1) is 8.30. The van der Waals surface area contributed by atoms with Crippen molar-refractivity contribution in [3.8, 4) is 0 Å². The van der Waals surface area contributed by atoms with Crippen molar-refractivity contribution >= 4 is 34.8 Å². The Kier molecular flexibility index (Phi) is 4.36. The number of hydrogen-bond donors (Lipinski definition) is 0. The second-order valence-corrected chi connectivity index (χ2v) is 2.21. The molecule has 0 amide bonds. The van der Waals surface area contributed by atoms with Gasteiger partial charge in [0.1, 0.15) is 0 Å². The first-order valence-electron chi connectivity index (χ1n) is 2.10. The molecule has 0 fully saturated rings. The summed E-state index contributed by atoms with van der Waals surface area (Å²) >= 11 is 3.31. The van der Waals surface area contributed by atoms with Crippen LogP contribution in [0.4, 0.5) is 0 Å². The fourth-order valence-electron chi connectivity index (χ4n) is 0.415. The van der Waals surface area contributed by atoms with Crippen molar-refractivity contribution in [2.24, 2.45) is 0 Å². The zero-order valence-corrected chi connectivity index (χ0v) is 6.35. The molecule has 1 radical (unpaired) electrons. The van der Waals surface area contributed by atoms with Gasteiger partial charge in [0.15, 0.2) is 0 Å². The Labute approximate surface area is 69.6 Å². The maximum atomic E-state index is 3.31. The zero-order chi connectivity index (χ0) is 5.11. The summed E-state index contributed by atoms with van der Waals surface area (Å²) in [6, 6.07) is 9.97. The van der Waals surface area contributed by atoms with Crippen LogP contribution in [0.5, 0.6) is 0 Å². The molecular weight excluding hydrogens is 159 g/mol. The van der Waals surface area contributed by atoms with Gasteiger partial charge in [-0.05, 0) is 12.1 Å². The Balaban J connectivity index is 0.000000490. The van der Waals surface area contributed by atoms with E-state index in [1.54, 1.807) is 0 Å². The standard InChI is InChI=1S/C6H5Br.Li/c7-6-4-2-1-3-5-6;/h1-5H;. The van der Waals surface area contributed by atoms with E-state index in [1.807, 2.05) is 30.3 Å². The van der Waals surface area contributed by atoms with E-state index in [0.717, 1.165) is 4.47 Å². The minimum absolute atomic E-state index is 0. The second-order valence-electron chi connectivity index (χ2n) is 1.30. The average molecular weight is 164 g/mol. The summed E-state index contributed by atoms with van der Waals surface area (Å²) in [5.41, 5.74) is 0. The van der Waals surface area contributed by atoms with E-state index in [0.29, 0.717) is 0 Å². The van der Waals surface area contributed by atoms with Gasteiger partial charge in [0.2, 0.25) is 0 Å². The van der Waals surface area contributed by atoms with Gasteiger partial charge < -0.3 is 0 Å². The molecule has 0 saturated heterocycles. The largest absolute Gasteiger partial charge is 0.0622 e. The van der Waals surface area contributed by atoms with Crippen molar-refractivity contribution in [3.05, 3.63) is 34.8 Å². The van der Waals surface area contributed by atoms with Gasteiger partial charge in [-0.1, -0.05) is 34.1 Å². The Hall–Kier alpha value is 0.297. The fourth-order valence-corrected chi connectivity index (χ4v) is 0.720. The predicted octanol–water partition coefficient (Wildman–Crippen LogP) is 2.07. The summed E-state index contributed by atoms with van der Waals surface area (Å²) in [6.07, 6.45) is 0. The fraction of sp³-hybridized carbons (Fsp3) is 0. The van der Waals surface area contributed by atoms with Crippen LogP contribution >= 0.6 is 15.9 Å². The quantitative estimate of drug-likeness (QED) is 0.514. The van der Waals surface area contributed by atoms with Gasteiger partial charge in [-0.15, -0.1) is 0 Å². The van der Waals surface area contributed by atoms with Gasteiger partial charge in [-0.3, -0.25) is 0 Å². The number of hydrogen-bond acceptors (Lipinski definition) is 0. The third-order valence-electron chi connectivity index (χ3n) is 0.733. The van der Waals surface area contributed by atoms with E-state index in [-0.39, 0.29) is 18.9 Å². The molecule has 0 unspecified atom stereocenters. The summed E-state index contributed by atoms with van der Waals surface area (Å²) in [5, 5.41) is 0. The number of benzene rings is 1. The van der Waals surface area contributed by atoms with E-state index < -0.39 is 0 Å². The first-order chi connectivity index (χ1) is 3.39. The van der Waals surface area contributed by atoms with E-state index in [1.165, 1.54) is 0 Å². The van der Waals surface area contributed by atoms with E-state index >= 15 is 0 Å². The molecule has 0 aromatic heterocycles. The van der Waals surface area contributed by atoms with Crippen LogP contribution in [0.15, 0.2) is 34.8 Å². The summed E-state index contributed by atoms with van der Waals surface area (Å²) < 4.78 is 1.13. The van der Waals surface area contributed by atoms with Crippen LogP contribution in [0.3, 0.4) is 0 Å². The summed E-state index contributed by atoms with van der Waals surface area (Å²) in [5.74, 6) is 0. The van der Waals surface area contributed by atoms with Gasteiger partial charge in [-0.25, -0.2) is 0 Å². The molecule has 0 aliphatic rings. The van der Waals surface area contributed by atoms with Gasteiger partial charge >= 0.3 is 0 Å². The monoisotopic (exact) mass is 163 g/mol. The molecule has 0 bridgehead atoms. The van der Waals surface area contributed by atoms with Crippen LogP contribution in [0, 0.1) is 0 Å². The van der Waals surface area contributed by atoms with Crippen molar-refractivity contribution in [1.82, 2.24) is 0 Å². The van der Waals surface area contributed by atoms with E-state index in [4.69, 9.17) is 0 Å². The van der Waals surface area contributed by atoms with E-state index in [9.17, 15) is 0 Å². The smallest absolute Gasteiger partial charge is 0.0175 e. The molecule has 0 aliphatic carbocycles. The van der Waals surface area contributed by atoms with Crippen LogP contribution in [0.25, 0.3) is 0 Å². The molecule has 1 aromatic carbocycles. The number of rotatable bonds is 0. The molecule has 8 heavy (non-hydrogen) atoms. The normalized spacial score (nSPS) is 7.62. The van der Waals surface area contributed by atoms with Crippen LogP contribution in [0.1, 0.15) is 0 Å². The molecule has 0 heterocycles. The Morgan fingerprint density at radius 1 is 1.00 bits per heavy atom. The average Bonchev–Trinajstić information content (AvgIpc) is 1.69. The second kappa shape index (κ2) is 4.20. The first-order valence-corrected chi connectivity index (χ1v) is 2.89. The molecule has 1 rings (SSSR count). The molecule has 1 aromatic rings. The Morgan fingerprint density at radius 2 is 1.50 bits per heavy atom. The molecule has 0 spiro atoms. The van der Waals surface area contributed by atoms with Gasteiger partial charge in [0, 0.05) is 23.3 Å². The number of halogens is 1. The van der Waals surface area contributed by atoms with Gasteiger partial charge in [-0.2, -0.15) is 0 Å². The van der Waals surface area contributed by atoms with Crippen LogP contribution < -0.4 is 0 Å². The third-order valence-corrected chi connectivity index (χ3v) is 1.26. The summed E-state index contributed by atoms with van der Waals surface area (Å²) in [4.78, 5) is 0. The molecule has 0 nitrogen and oxygen atoms in total. The predicted molar refractivity (Wildman–Crippen MR) is 39.9 cm³/mol. The van der Waals surface area contributed by atoms with Crippen molar-refractivity contribution in [3.63, 3.8) is 0 Å². The topological polar surface area (TPSA) is 0 Å². The molecular formula is C6H5BrLi. The molecule has 37 valence electrons. The maximum absolute atomic E-state index is 3.31. The minimum atomic E-state index is 0. The SMILES string of the molecule is Brc1ccccc1.[Li]. The van der Waals surface area contributed by atoms with Crippen molar-refractivity contribution < 1.29 is 0 Å². The zero-order valence-electron chi connectivity index (χ0n) is 4.76. The Morgan fingerprint density at radius 3 is 1.75 bits per heavy atom. The summed E-state index contributed by atoms with van der Waals surface area (Å²) in [7, 11) is 0. The van der Waals surface area contributed by atoms with Gasteiger partial charge in [0.05, 0.1) is 0 Å². The molecule has 0 N–H and O–H groups in total. The summed E-state index contributed by atoms with van der Waals surface area (Å²) in [6.45, 7) is 0. The minimum Gasteiger partial charge on any atom is -0.0622 e. The maximum Gasteiger partial charge on any atom is 0.0175 e. The van der Waals surface area contributed by atoms with Crippen LogP contribution in [0.2, 0.25) is 0 Å². The van der Waals surface area contributed by atoms with Gasteiger partial charge in [0.25, 0.3) is 0 Å². The van der Waals surface area contributed by atoms with Crippen molar-refractivity contribution in [2.45, 2.75) is 0 Å². The molecule has 0 saturated carbocycles. The van der Waals surface area contributed by atoms with Crippen LogP contribution in [-0.2, 0) is 0 Å². The van der Waals surface area contributed by atoms with Crippen molar-refractivity contribution in [2.75, 3.05) is 0 Å². The molecule has 2 heteroatoms. The van der Waals surface area contributed by atoms with E-state index in [2.05, 4.69) is 15.9 Å².